The van der Waals surface area contributed by atoms with Crippen LogP contribution >= 0.6 is 0 Å². The predicted octanol–water partition coefficient (Wildman–Crippen LogP) is 9.05. The van der Waals surface area contributed by atoms with E-state index in [1.54, 1.807) is 6.08 Å². The molecule has 56 heavy (non-hydrogen) atoms. The number of rotatable bonds is 35. The lowest BCUT2D eigenvalue weighted by Gasteiger charge is -2.39. The van der Waals surface area contributed by atoms with Crippen LogP contribution in [0, 0.1) is 0 Å². The Morgan fingerprint density at radius 3 is 1.52 bits per heavy atom. The molecule has 0 radical (unpaired) electrons. The van der Waals surface area contributed by atoms with Crippen molar-refractivity contribution in [3.63, 3.8) is 0 Å². The van der Waals surface area contributed by atoms with Crippen LogP contribution in [-0.4, -0.2) is 89.0 Å². The standard InChI is InChI=1S/C46H78O10/c1-3-5-7-9-11-13-15-17-19-21-22-24-26-28-30-32-34-41(48)53-37-39(38-54-46-45(52)44(51)43(50)40(36-47)56-46)55-42(49)35-33-31-29-27-25-23-20-18-16-14-12-10-8-6-4-2/h6,8,12,14,18,20,25,27,31,33,39-40,43-47,50-52H,3-5,7,9-11,13,15-17,19,21-24,26,28-30,32,34-38H2,1-2H3/b8-6-,14-12-,20-18-,27-25-,33-31-. The minimum absolute atomic E-state index is 0.00277. The van der Waals surface area contributed by atoms with E-state index < -0.39 is 55.4 Å². The van der Waals surface area contributed by atoms with Crippen LogP contribution in [0.15, 0.2) is 60.8 Å². The van der Waals surface area contributed by atoms with Crippen molar-refractivity contribution in [2.45, 2.75) is 198 Å². The van der Waals surface area contributed by atoms with Gasteiger partial charge in [0.25, 0.3) is 0 Å². The Kier molecular flexibility index (Phi) is 33.7. The summed E-state index contributed by atoms with van der Waals surface area (Å²) in [4.78, 5) is 25.2. The number of carbonyl (C=O) groups excluding carboxylic acids is 2. The van der Waals surface area contributed by atoms with Crippen LogP contribution < -0.4 is 0 Å². The highest BCUT2D eigenvalue weighted by atomic mass is 16.7. The minimum atomic E-state index is -1.61. The van der Waals surface area contributed by atoms with Gasteiger partial charge in [-0.15, -0.1) is 0 Å². The van der Waals surface area contributed by atoms with E-state index in [4.69, 9.17) is 18.9 Å². The quantitative estimate of drug-likeness (QED) is 0.0278. The molecule has 10 nitrogen and oxygen atoms in total. The van der Waals surface area contributed by atoms with Gasteiger partial charge < -0.3 is 39.4 Å². The molecule has 1 aliphatic rings. The summed E-state index contributed by atoms with van der Waals surface area (Å²) in [7, 11) is 0. The molecule has 0 aromatic carbocycles. The second-order valence-electron chi connectivity index (χ2n) is 14.8. The summed E-state index contributed by atoms with van der Waals surface area (Å²) in [5.74, 6) is -0.954. The first-order chi connectivity index (χ1) is 27.3. The van der Waals surface area contributed by atoms with Gasteiger partial charge in [-0.2, -0.15) is 0 Å². The Hall–Kier alpha value is -2.60. The number of unbranched alkanes of at least 4 members (excludes halogenated alkanes) is 15. The lowest BCUT2D eigenvalue weighted by atomic mass is 9.99. The molecule has 6 unspecified atom stereocenters. The molecule has 6 atom stereocenters. The van der Waals surface area contributed by atoms with Crippen LogP contribution in [-0.2, 0) is 28.5 Å². The van der Waals surface area contributed by atoms with Crippen molar-refractivity contribution in [2.24, 2.45) is 0 Å². The van der Waals surface area contributed by atoms with Crippen LogP contribution in [0.1, 0.15) is 162 Å². The normalized spacial score (nSPS) is 21.0. The number of hydrogen-bond donors (Lipinski definition) is 4. The van der Waals surface area contributed by atoms with Crippen LogP contribution in [0.3, 0.4) is 0 Å². The van der Waals surface area contributed by atoms with Gasteiger partial charge in [0.1, 0.15) is 31.0 Å². The Morgan fingerprint density at radius 2 is 1.04 bits per heavy atom. The number of ether oxygens (including phenoxy) is 4. The van der Waals surface area contributed by atoms with Crippen LogP contribution in [0.2, 0.25) is 0 Å². The maximum Gasteiger partial charge on any atom is 0.310 e. The highest BCUT2D eigenvalue weighted by Crippen LogP contribution is 2.22. The van der Waals surface area contributed by atoms with Gasteiger partial charge in [-0.05, 0) is 38.5 Å². The number of aliphatic hydroxyl groups excluding tert-OH is 4. The van der Waals surface area contributed by atoms with Crippen LogP contribution in [0.4, 0.5) is 0 Å². The molecule has 0 aromatic heterocycles. The summed E-state index contributed by atoms with van der Waals surface area (Å²) < 4.78 is 22.0. The summed E-state index contributed by atoms with van der Waals surface area (Å²) in [5, 5.41) is 40.0. The average molecular weight is 791 g/mol. The molecule has 0 spiro atoms. The van der Waals surface area contributed by atoms with Crippen molar-refractivity contribution in [2.75, 3.05) is 19.8 Å². The van der Waals surface area contributed by atoms with E-state index in [1.165, 1.54) is 77.0 Å². The van der Waals surface area contributed by atoms with Gasteiger partial charge in [-0.1, -0.05) is 171 Å². The maximum absolute atomic E-state index is 12.7. The predicted molar refractivity (Wildman–Crippen MR) is 224 cm³/mol. The zero-order valence-corrected chi connectivity index (χ0v) is 34.9. The Bertz CT molecular complexity index is 1100. The molecule has 10 heteroatoms. The molecule has 0 bridgehead atoms. The van der Waals surface area contributed by atoms with Gasteiger partial charge in [-0.3, -0.25) is 9.59 Å². The van der Waals surface area contributed by atoms with E-state index in [1.807, 2.05) is 12.2 Å². The smallest absolute Gasteiger partial charge is 0.310 e. The van der Waals surface area contributed by atoms with Crippen molar-refractivity contribution in [1.29, 1.82) is 0 Å². The van der Waals surface area contributed by atoms with Crippen molar-refractivity contribution in [3.8, 4) is 0 Å². The molecule has 1 aliphatic heterocycles. The Morgan fingerprint density at radius 1 is 0.571 bits per heavy atom. The fourth-order valence-corrected chi connectivity index (χ4v) is 6.26. The molecule has 0 saturated carbocycles. The lowest BCUT2D eigenvalue weighted by Crippen LogP contribution is -2.59. The summed E-state index contributed by atoms with van der Waals surface area (Å²) in [5.41, 5.74) is 0. The molecular weight excluding hydrogens is 712 g/mol. The zero-order chi connectivity index (χ0) is 40.9. The summed E-state index contributed by atoms with van der Waals surface area (Å²) in [6.07, 6.45) is 36.8. The minimum Gasteiger partial charge on any atom is -0.462 e. The molecule has 0 aromatic rings. The van der Waals surface area contributed by atoms with Crippen molar-refractivity contribution in [3.05, 3.63) is 60.8 Å². The monoisotopic (exact) mass is 791 g/mol. The zero-order valence-electron chi connectivity index (χ0n) is 34.9. The Labute approximate surface area is 339 Å². The van der Waals surface area contributed by atoms with Crippen molar-refractivity contribution in [1.82, 2.24) is 0 Å². The van der Waals surface area contributed by atoms with Gasteiger partial charge in [-0.25, -0.2) is 0 Å². The number of esters is 2. The van der Waals surface area contributed by atoms with Crippen LogP contribution in [0.5, 0.6) is 0 Å². The van der Waals surface area contributed by atoms with E-state index in [0.29, 0.717) is 12.8 Å². The fraction of sp³-hybridized carbons (Fsp3) is 0.739. The number of allylic oxidation sites excluding steroid dienone is 9. The molecule has 1 fully saturated rings. The second kappa shape index (κ2) is 36.7. The molecule has 1 heterocycles. The molecule has 1 rings (SSSR count). The first-order valence-electron chi connectivity index (χ1n) is 21.9. The molecular formula is C46H78O10. The first kappa shape index (κ1) is 51.4. The van der Waals surface area contributed by atoms with E-state index >= 15 is 0 Å². The first-order valence-corrected chi connectivity index (χ1v) is 21.9. The van der Waals surface area contributed by atoms with Crippen LogP contribution in [0.25, 0.3) is 0 Å². The molecule has 1 saturated heterocycles. The third kappa shape index (κ3) is 27.9. The van der Waals surface area contributed by atoms with Gasteiger partial charge in [0.05, 0.1) is 19.6 Å². The Balaban J connectivity index is 2.40. The van der Waals surface area contributed by atoms with Gasteiger partial charge in [0, 0.05) is 6.42 Å². The second-order valence-corrected chi connectivity index (χ2v) is 14.8. The van der Waals surface area contributed by atoms with Gasteiger partial charge >= 0.3 is 11.9 Å². The summed E-state index contributed by atoms with van der Waals surface area (Å²) in [6.45, 7) is 3.21. The third-order valence-electron chi connectivity index (χ3n) is 9.70. The number of carbonyl (C=O) groups is 2. The average Bonchev–Trinajstić information content (AvgIpc) is 3.19. The molecule has 0 aliphatic carbocycles. The molecule has 4 N–H and O–H groups in total. The van der Waals surface area contributed by atoms with Crippen molar-refractivity contribution < 1.29 is 49.0 Å². The van der Waals surface area contributed by atoms with E-state index in [9.17, 15) is 30.0 Å². The van der Waals surface area contributed by atoms with Gasteiger partial charge in [0.2, 0.25) is 0 Å². The summed E-state index contributed by atoms with van der Waals surface area (Å²) in [6, 6.07) is 0. The molecule has 322 valence electrons. The van der Waals surface area contributed by atoms with E-state index in [2.05, 4.69) is 56.4 Å². The van der Waals surface area contributed by atoms with Crippen molar-refractivity contribution >= 4 is 11.9 Å². The number of hydrogen-bond acceptors (Lipinski definition) is 10. The highest BCUT2D eigenvalue weighted by Gasteiger charge is 2.44. The fourth-order valence-electron chi connectivity index (χ4n) is 6.26. The summed E-state index contributed by atoms with van der Waals surface area (Å²) >= 11 is 0. The number of aliphatic hydroxyl groups is 4. The lowest BCUT2D eigenvalue weighted by molar-refractivity contribution is -0.305. The maximum atomic E-state index is 12.7. The van der Waals surface area contributed by atoms with Gasteiger partial charge in [0.15, 0.2) is 12.4 Å². The highest BCUT2D eigenvalue weighted by molar-refractivity contribution is 5.71. The van der Waals surface area contributed by atoms with E-state index in [0.717, 1.165) is 44.9 Å². The third-order valence-corrected chi connectivity index (χ3v) is 9.70. The topological polar surface area (TPSA) is 152 Å². The van der Waals surface area contributed by atoms with E-state index in [-0.39, 0.29) is 26.1 Å². The largest absolute Gasteiger partial charge is 0.462 e. The SMILES string of the molecule is CC/C=C\C/C=C\C/C=C\C/C=C\C/C=C\CC(=O)OC(COC(=O)CCCCCCCCCCCCCCCCCC)COC1OC(CO)C(O)C(O)C1O. The molecule has 0 amide bonds.